The SMILES string of the molecule is CC(C)NCc1ccc(-c2ccc(O)c3c2CC(CC2CC(=O)C(C(N)=O)=C(O)C2CO)CC3=O)cc1. The molecule has 8 nitrogen and oxygen atoms in total. The fraction of sp³-hybridized carbons (Fsp3) is 0.414. The largest absolute Gasteiger partial charge is 0.511 e. The maximum absolute atomic E-state index is 13.2. The van der Waals surface area contributed by atoms with Crippen LogP contribution in [-0.4, -0.2) is 45.4 Å². The van der Waals surface area contributed by atoms with Gasteiger partial charge in [0.05, 0.1) is 12.2 Å². The predicted molar refractivity (Wildman–Crippen MR) is 139 cm³/mol. The summed E-state index contributed by atoms with van der Waals surface area (Å²) in [5, 5.41) is 34.3. The van der Waals surface area contributed by atoms with E-state index in [2.05, 4.69) is 19.2 Å². The predicted octanol–water partition coefficient (Wildman–Crippen LogP) is 3.19. The number of aliphatic hydroxyl groups excluding tert-OH is 2. The molecule has 6 N–H and O–H groups in total. The number of hydrogen-bond donors (Lipinski definition) is 5. The number of phenols is 1. The van der Waals surface area contributed by atoms with Gasteiger partial charge in [-0.05, 0) is 53.0 Å². The highest BCUT2D eigenvalue weighted by Gasteiger charge is 2.40. The van der Waals surface area contributed by atoms with Crippen molar-refractivity contribution in [2.24, 2.45) is 23.5 Å². The summed E-state index contributed by atoms with van der Waals surface area (Å²) in [6.07, 6.45) is 1.04. The molecule has 0 saturated heterocycles. The Morgan fingerprint density at radius 2 is 1.73 bits per heavy atom. The summed E-state index contributed by atoms with van der Waals surface area (Å²) >= 11 is 0. The fourth-order valence-electron chi connectivity index (χ4n) is 5.65. The van der Waals surface area contributed by atoms with E-state index in [1.807, 2.05) is 30.3 Å². The van der Waals surface area contributed by atoms with Gasteiger partial charge in [0, 0.05) is 31.3 Å². The zero-order valence-corrected chi connectivity index (χ0v) is 21.2. The molecule has 0 aliphatic heterocycles. The molecule has 2 aliphatic rings. The molecule has 0 saturated carbocycles. The van der Waals surface area contributed by atoms with E-state index in [0.29, 0.717) is 24.4 Å². The first kappa shape index (κ1) is 26.6. The van der Waals surface area contributed by atoms with Crippen LogP contribution in [0.15, 0.2) is 47.7 Å². The number of aliphatic hydroxyl groups is 2. The first-order chi connectivity index (χ1) is 17.6. The Kier molecular flexibility index (Phi) is 7.80. The van der Waals surface area contributed by atoms with Crippen molar-refractivity contribution in [3.63, 3.8) is 0 Å². The van der Waals surface area contributed by atoms with Gasteiger partial charge in [-0.3, -0.25) is 14.4 Å². The van der Waals surface area contributed by atoms with Crippen molar-refractivity contribution < 1.29 is 29.7 Å². The van der Waals surface area contributed by atoms with Gasteiger partial charge in [0.2, 0.25) is 0 Å². The van der Waals surface area contributed by atoms with Crippen LogP contribution in [0.3, 0.4) is 0 Å². The van der Waals surface area contributed by atoms with Crippen LogP contribution in [-0.2, 0) is 22.6 Å². The smallest absolute Gasteiger partial charge is 0.255 e. The summed E-state index contributed by atoms with van der Waals surface area (Å²) in [4.78, 5) is 37.3. The second-order valence-corrected chi connectivity index (χ2v) is 10.5. The molecule has 0 fully saturated rings. The summed E-state index contributed by atoms with van der Waals surface area (Å²) in [6.45, 7) is 4.48. The molecule has 2 aliphatic carbocycles. The van der Waals surface area contributed by atoms with Gasteiger partial charge in [0.1, 0.15) is 17.1 Å². The molecule has 3 unspecified atom stereocenters. The quantitative estimate of drug-likeness (QED) is 0.345. The summed E-state index contributed by atoms with van der Waals surface area (Å²) in [5.74, 6) is -3.65. The number of benzene rings is 2. The number of nitrogens with one attached hydrogen (secondary N) is 1. The molecule has 0 aromatic heterocycles. The molecule has 0 spiro atoms. The Balaban J connectivity index is 1.61. The average molecular weight is 507 g/mol. The van der Waals surface area contributed by atoms with Crippen molar-refractivity contribution in [2.75, 3.05) is 6.61 Å². The molecule has 37 heavy (non-hydrogen) atoms. The van der Waals surface area contributed by atoms with Crippen molar-refractivity contribution >= 4 is 17.5 Å². The minimum absolute atomic E-state index is 0.0378. The Morgan fingerprint density at radius 3 is 2.35 bits per heavy atom. The summed E-state index contributed by atoms with van der Waals surface area (Å²) in [5.41, 5.74) is 8.85. The van der Waals surface area contributed by atoms with Crippen LogP contribution in [0.25, 0.3) is 11.1 Å². The highest BCUT2D eigenvalue weighted by molar-refractivity contribution is 6.19. The van der Waals surface area contributed by atoms with Crippen LogP contribution >= 0.6 is 0 Å². The van der Waals surface area contributed by atoms with Crippen LogP contribution in [0.2, 0.25) is 0 Å². The number of rotatable bonds is 8. The van der Waals surface area contributed by atoms with Gasteiger partial charge in [0.15, 0.2) is 11.6 Å². The van der Waals surface area contributed by atoms with Gasteiger partial charge in [-0.1, -0.05) is 44.2 Å². The zero-order valence-electron chi connectivity index (χ0n) is 21.2. The van der Waals surface area contributed by atoms with Crippen molar-refractivity contribution in [3.05, 3.63) is 64.4 Å². The third-order valence-corrected chi connectivity index (χ3v) is 7.50. The Bertz CT molecular complexity index is 1250. The third-order valence-electron chi connectivity index (χ3n) is 7.50. The molecule has 0 radical (unpaired) electrons. The van der Waals surface area contributed by atoms with Crippen molar-refractivity contribution in [3.8, 4) is 16.9 Å². The fourth-order valence-corrected chi connectivity index (χ4v) is 5.65. The normalized spacial score (nSPS) is 21.9. The lowest BCUT2D eigenvalue weighted by molar-refractivity contribution is -0.123. The molecule has 1 amide bonds. The van der Waals surface area contributed by atoms with Gasteiger partial charge in [-0.25, -0.2) is 0 Å². The van der Waals surface area contributed by atoms with E-state index < -0.39 is 41.5 Å². The molecular formula is C29H34N2O6. The molecule has 3 atom stereocenters. The second-order valence-electron chi connectivity index (χ2n) is 10.5. The van der Waals surface area contributed by atoms with E-state index in [1.165, 1.54) is 0 Å². The van der Waals surface area contributed by atoms with Crippen molar-refractivity contribution in [1.29, 1.82) is 0 Å². The molecular weight excluding hydrogens is 472 g/mol. The maximum Gasteiger partial charge on any atom is 0.255 e. The number of nitrogens with two attached hydrogens (primary N) is 1. The zero-order chi connectivity index (χ0) is 26.9. The standard InChI is InChI=1S/C29H34N2O6/c1-15(2)31-13-16-3-5-18(6-4-16)20-7-8-23(33)26-21(20)10-17(11-24(26)34)9-19-12-25(35)27(29(30)37)28(36)22(19)14-32/h3-8,15,17,19,22,31-33,36H,9-14H2,1-2H3,(H2,30,37). The summed E-state index contributed by atoms with van der Waals surface area (Å²) < 4.78 is 0. The van der Waals surface area contributed by atoms with Crippen LogP contribution in [0.1, 0.15) is 54.6 Å². The Morgan fingerprint density at radius 1 is 1.03 bits per heavy atom. The van der Waals surface area contributed by atoms with E-state index >= 15 is 0 Å². The van der Waals surface area contributed by atoms with Crippen molar-refractivity contribution in [2.45, 2.75) is 52.1 Å². The number of aromatic hydroxyl groups is 1. The number of hydrogen-bond acceptors (Lipinski definition) is 7. The first-order valence-electron chi connectivity index (χ1n) is 12.7. The number of phenolic OH excluding ortho intramolecular Hbond substituents is 1. The molecule has 196 valence electrons. The number of ketones is 2. The van der Waals surface area contributed by atoms with Crippen LogP contribution < -0.4 is 11.1 Å². The van der Waals surface area contributed by atoms with Gasteiger partial charge in [-0.15, -0.1) is 0 Å². The lowest BCUT2D eigenvalue weighted by Crippen LogP contribution is -2.37. The number of Topliss-reactive ketones (excluding diaryl/α,β-unsaturated/α-hetero) is 2. The number of fused-ring (bicyclic) bond motifs is 1. The van der Waals surface area contributed by atoms with Crippen molar-refractivity contribution in [1.82, 2.24) is 5.32 Å². The highest BCUT2D eigenvalue weighted by atomic mass is 16.3. The van der Waals surface area contributed by atoms with Gasteiger partial charge >= 0.3 is 0 Å². The third kappa shape index (κ3) is 5.45. The maximum atomic E-state index is 13.2. The van der Waals surface area contributed by atoms with Gasteiger partial charge in [-0.2, -0.15) is 0 Å². The molecule has 0 bridgehead atoms. The molecule has 0 heterocycles. The van der Waals surface area contributed by atoms with Gasteiger partial charge in [0.25, 0.3) is 5.91 Å². The molecule has 4 rings (SSSR count). The van der Waals surface area contributed by atoms with Gasteiger partial charge < -0.3 is 26.4 Å². The van der Waals surface area contributed by atoms with E-state index in [0.717, 1.165) is 28.8 Å². The highest BCUT2D eigenvalue weighted by Crippen LogP contribution is 2.43. The first-order valence-corrected chi connectivity index (χ1v) is 12.7. The molecule has 2 aromatic rings. The average Bonchev–Trinajstić information content (AvgIpc) is 2.83. The number of carbonyl (C=O) groups excluding carboxylic acids is 3. The topological polar surface area (TPSA) is 150 Å². The monoisotopic (exact) mass is 506 g/mol. The van der Waals surface area contributed by atoms with E-state index in [9.17, 15) is 29.7 Å². The summed E-state index contributed by atoms with van der Waals surface area (Å²) in [7, 11) is 0. The number of carbonyl (C=O) groups is 3. The van der Waals surface area contributed by atoms with Crippen LogP contribution in [0.4, 0.5) is 0 Å². The minimum atomic E-state index is -1.01. The minimum Gasteiger partial charge on any atom is -0.511 e. The Labute approximate surface area is 216 Å². The Hall–Kier alpha value is -3.49. The molecule has 8 heteroatoms. The lowest BCUT2D eigenvalue weighted by atomic mass is 9.70. The number of amides is 1. The van der Waals surface area contributed by atoms with E-state index in [4.69, 9.17) is 5.73 Å². The molecule has 2 aromatic carbocycles. The van der Waals surface area contributed by atoms with Crippen LogP contribution in [0, 0.1) is 17.8 Å². The number of primary amides is 1. The van der Waals surface area contributed by atoms with E-state index in [-0.39, 0.29) is 30.3 Å². The summed E-state index contributed by atoms with van der Waals surface area (Å²) in [6, 6.07) is 11.8. The van der Waals surface area contributed by atoms with E-state index in [1.54, 1.807) is 6.07 Å². The second kappa shape index (κ2) is 10.9. The van der Waals surface area contributed by atoms with Crippen LogP contribution in [0.5, 0.6) is 5.75 Å². The lowest BCUT2D eigenvalue weighted by Gasteiger charge is -2.34.